The van der Waals surface area contributed by atoms with E-state index in [2.05, 4.69) is 6.92 Å². The van der Waals surface area contributed by atoms with Gasteiger partial charge in [-0.1, -0.05) is 6.92 Å². The van der Waals surface area contributed by atoms with Crippen LogP contribution in [0.2, 0.25) is 0 Å². The van der Waals surface area contributed by atoms with Gasteiger partial charge in [0.2, 0.25) is 0 Å². The molecule has 1 N–H and O–H groups in total. The van der Waals surface area contributed by atoms with Gasteiger partial charge in [-0.15, -0.1) is 0 Å². The van der Waals surface area contributed by atoms with E-state index in [-0.39, 0.29) is 6.10 Å². The van der Waals surface area contributed by atoms with Crippen LogP contribution >= 0.6 is 0 Å². The number of hydrogen-bond acceptors (Lipinski definition) is 1. The minimum absolute atomic E-state index is 0.0795. The smallest absolute Gasteiger partial charge is 0.0574 e. The molecule has 0 amide bonds. The number of rotatable bonds is 0. The van der Waals surface area contributed by atoms with Crippen LogP contribution in [0.5, 0.6) is 0 Å². The van der Waals surface area contributed by atoms with Crippen LogP contribution in [0.4, 0.5) is 0 Å². The van der Waals surface area contributed by atoms with Crippen molar-refractivity contribution in [2.75, 3.05) is 0 Å². The minimum Gasteiger partial charge on any atom is -0.393 e. The third-order valence-electron chi connectivity index (χ3n) is 6.12. The quantitative estimate of drug-likeness (QED) is 0.584. The SMILES string of the molecule is C[C@@H]1CC2CC1C1C3CC(O)C(C3)C21. The molecular weight excluding hydrogens is 172 g/mol. The first kappa shape index (κ1) is 8.15. The number of fused-ring (bicyclic) bond motifs is 9. The van der Waals surface area contributed by atoms with E-state index in [0.717, 1.165) is 41.9 Å². The summed E-state index contributed by atoms with van der Waals surface area (Å²) in [6.45, 7) is 2.46. The zero-order valence-corrected chi connectivity index (χ0v) is 8.89. The van der Waals surface area contributed by atoms with E-state index >= 15 is 0 Å². The maximum absolute atomic E-state index is 9.96. The normalized spacial score (nSPS) is 69.0. The van der Waals surface area contributed by atoms with Gasteiger partial charge in [-0.3, -0.25) is 0 Å². The van der Waals surface area contributed by atoms with Gasteiger partial charge in [0.25, 0.3) is 0 Å². The summed E-state index contributed by atoms with van der Waals surface area (Å²) in [4.78, 5) is 0. The number of aliphatic hydroxyl groups is 1. The van der Waals surface area contributed by atoms with Crippen molar-refractivity contribution in [3.8, 4) is 0 Å². The third-order valence-corrected chi connectivity index (χ3v) is 6.12. The van der Waals surface area contributed by atoms with Gasteiger partial charge < -0.3 is 5.11 Å². The maximum atomic E-state index is 9.96. The van der Waals surface area contributed by atoms with Crippen molar-refractivity contribution in [2.24, 2.45) is 41.4 Å². The van der Waals surface area contributed by atoms with E-state index in [1.807, 2.05) is 0 Å². The van der Waals surface area contributed by atoms with Crippen molar-refractivity contribution >= 4 is 0 Å². The highest BCUT2D eigenvalue weighted by atomic mass is 16.3. The van der Waals surface area contributed by atoms with Gasteiger partial charge in [-0.25, -0.2) is 0 Å². The van der Waals surface area contributed by atoms with E-state index in [1.54, 1.807) is 0 Å². The monoisotopic (exact) mass is 192 g/mol. The van der Waals surface area contributed by atoms with E-state index in [9.17, 15) is 5.11 Å². The highest BCUT2D eigenvalue weighted by molar-refractivity contribution is 5.12. The second kappa shape index (κ2) is 2.37. The van der Waals surface area contributed by atoms with Gasteiger partial charge >= 0.3 is 0 Å². The van der Waals surface area contributed by atoms with Crippen molar-refractivity contribution in [2.45, 2.75) is 38.7 Å². The van der Waals surface area contributed by atoms with Gasteiger partial charge in [0.05, 0.1) is 6.10 Å². The summed E-state index contributed by atoms with van der Waals surface area (Å²) in [7, 11) is 0. The molecule has 4 rings (SSSR count). The Hall–Kier alpha value is -0.0400. The Morgan fingerprint density at radius 2 is 1.50 bits per heavy atom. The molecule has 1 nitrogen and oxygen atoms in total. The number of aliphatic hydroxyl groups excluding tert-OH is 1. The molecule has 8 atom stereocenters. The van der Waals surface area contributed by atoms with Crippen LogP contribution in [0, 0.1) is 41.4 Å². The molecule has 7 unspecified atom stereocenters. The van der Waals surface area contributed by atoms with Crippen molar-refractivity contribution < 1.29 is 5.11 Å². The van der Waals surface area contributed by atoms with Crippen LogP contribution in [0.25, 0.3) is 0 Å². The summed E-state index contributed by atoms with van der Waals surface area (Å²) in [5.41, 5.74) is 0. The van der Waals surface area contributed by atoms with Crippen molar-refractivity contribution in [3.63, 3.8) is 0 Å². The first-order chi connectivity index (χ1) is 6.75. The molecular formula is C13H20O. The Labute approximate surface area is 85.9 Å². The van der Waals surface area contributed by atoms with E-state index < -0.39 is 0 Å². The summed E-state index contributed by atoms with van der Waals surface area (Å²) >= 11 is 0. The third kappa shape index (κ3) is 0.743. The zero-order valence-electron chi connectivity index (χ0n) is 8.89. The Morgan fingerprint density at radius 3 is 2.36 bits per heavy atom. The predicted octanol–water partition coefficient (Wildman–Crippen LogP) is 2.30. The largest absolute Gasteiger partial charge is 0.393 e. The molecule has 0 aromatic rings. The van der Waals surface area contributed by atoms with Crippen LogP contribution in [0.3, 0.4) is 0 Å². The molecule has 0 aliphatic heterocycles. The molecule has 4 aliphatic rings. The van der Waals surface area contributed by atoms with Crippen LogP contribution in [0.1, 0.15) is 32.6 Å². The van der Waals surface area contributed by atoms with Crippen LogP contribution in [-0.2, 0) is 0 Å². The summed E-state index contributed by atoms with van der Waals surface area (Å²) in [5.74, 6) is 6.67. The molecule has 0 radical (unpaired) electrons. The summed E-state index contributed by atoms with van der Waals surface area (Å²) in [6, 6.07) is 0. The molecule has 0 saturated heterocycles. The Kier molecular flexibility index (Phi) is 1.38. The molecule has 0 heterocycles. The van der Waals surface area contributed by atoms with Gasteiger partial charge in [0.15, 0.2) is 0 Å². The van der Waals surface area contributed by atoms with E-state index in [1.165, 1.54) is 19.3 Å². The Balaban J connectivity index is 1.72. The summed E-state index contributed by atoms with van der Waals surface area (Å²) < 4.78 is 0. The van der Waals surface area contributed by atoms with Gasteiger partial charge in [-0.05, 0) is 67.1 Å². The Bertz CT molecular complexity index is 246. The first-order valence-corrected chi connectivity index (χ1v) is 6.43. The lowest BCUT2D eigenvalue weighted by atomic mass is 9.67. The standard InChI is InChI=1S/C13H20O/c1-6-2-7-3-9(6)12-8-4-10(13(7)12)11(14)5-8/h6-14H,2-5H2,1H3/t6-,7?,8?,9?,10?,11?,12?,13?/m1/s1. The second-order valence-corrected chi connectivity index (χ2v) is 6.49. The van der Waals surface area contributed by atoms with Gasteiger partial charge in [0.1, 0.15) is 0 Å². The average Bonchev–Trinajstić information content (AvgIpc) is 2.78. The fourth-order valence-electron chi connectivity index (χ4n) is 5.90. The zero-order chi connectivity index (χ0) is 9.45. The van der Waals surface area contributed by atoms with Gasteiger partial charge in [-0.2, -0.15) is 0 Å². The molecule has 14 heavy (non-hydrogen) atoms. The lowest BCUT2D eigenvalue weighted by Crippen LogP contribution is -2.37. The lowest BCUT2D eigenvalue weighted by Gasteiger charge is -2.39. The second-order valence-electron chi connectivity index (χ2n) is 6.49. The Morgan fingerprint density at radius 1 is 0.857 bits per heavy atom. The average molecular weight is 192 g/mol. The molecule has 0 spiro atoms. The van der Waals surface area contributed by atoms with Crippen LogP contribution < -0.4 is 0 Å². The fraction of sp³-hybridized carbons (Fsp3) is 1.00. The van der Waals surface area contributed by atoms with E-state index in [4.69, 9.17) is 0 Å². The molecule has 0 aromatic heterocycles. The molecule has 4 bridgehead atoms. The van der Waals surface area contributed by atoms with E-state index in [0.29, 0.717) is 5.92 Å². The molecule has 1 heteroatoms. The van der Waals surface area contributed by atoms with Crippen LogP contribution in [0.15, 0.2) is 0 Å². The van der Waals surface area contributed by atoms with Crippen molar-refractivity contribution in [1.82, 2.24) is 0 Å². The molecule has 0 aromatic carbocycles. The van der Waals surface area contributed by atoms with Gasteiger partial charge in [0, 0.05) is 0 Å². The highest BCUT2D eigenvalue weighted by Gasteiger charge is 2.63. The van der Waals surface area contributed by atoms with Crippen molar-refractivity contribution in [3.05, 3.63) is 0 Å². The summed E-state index contributed by atoms with van der Waals surface area (Å²) in [5, 5.41) is 9.96. The molecule has 4 aliphatic carbocycles. The van der Waals surface area contributed by atoms with Crippen LogP contribution in [-0.4, -0.2) is 11.2 Å². The predicted molar refractivity (Wildman–Crippen MR) is 54.6 cm³/mol. The topological polar surface area (TPSA) is 20.2 Å². The summed E-state index contributed by atoms with van der Waals surface area (Å²) in [6.07, 6.45) is 5.58. The molecule has 4 saturated carbocycles. The molecule has 78 valence electrons. The lowest BCUT2D eigenvalue weighted by molar-refractivity contribution is 0.0180. The highest BCUT2D eigenvalue weighted by Crippen LogP contribution is 2.68. The number of hydrogen-bond donors (Lipinski definition) is 1. The first-order valence-electron chi connectivity index (χ1n) is 6.43. The minimum atomic E-state index is 0.0795. The maximum Gasteiger partial charge on any atom is 0.0574 e. The molecule has 4 fully saturated rings. The fourth-order valence-corrected chi connectivity index (χ4v) is 5.90. The van der Waals surface area contributed by atoms with Crippen molar-refractivity contribution in [1.29, 1.82) is 0 Å².